The normalized spacial score (nSPS) is 18.2. The minimum Gasteiger partial charge on any atom is -0.354 e. The van der Waals surface area contributed by atoms with Gasteiger partial charge in [-0.05, 0) is 50.5 Å². The summed E-state index contributed by atoms with van der Waals surface area (Å²) in [6.45, 7) is 3.04. The molecule has 0 bridgehead atoms. The SMILES string of the molecule is C[C@@H](Nc1nc(NCC2CC2)nc(-c2cccc(=O)[nH]2)n1)C1CC1. The van der Waals surface area contributed by atoms with Crippen molar-refractivity contribution in [1.29, 1.82) is 0 Å². The average molecular weight is 326 g/mol. The molecule has 2 aliphatic rings. The number of nitrogens with zero attached hydrogens (tertiary/aromatic N) is 3. The van der Waals surface area contributed by atoms with Crippen LogP contribution in [0.1, 0.15) is 32.6 Å². The van der Waals surface area contributed by atoms with E-state index in [0.29, 0.717) is 35.4 Å². The number of aromatic amines is 1. The quantitative estimate of drug-likeness (QED) is 0.722. The van der Waals surface area contributed by atoms with Crippen LogP contribution < -0.4 is 16.2 Å². The number of nitrogens with one attached hydrogen (secondary N) is 3. The molecule has 2 aromatic heterocycles. The van der Waals surface area contributed by atoms with Gasteiger partial charge in [-0.3, -0.25) is 4.79 Å². The molecule has 0 saturated heterocycles. The molecular formula is C17H22N6O. The molecule has 2 aromatic rings. The summed E-state index contributed by atoms with van der Waals surface area (Å²) in [6, 6.07) is 5.32. The monoisotopic (exact) mass is 326 g/mol. The van der Waals surface area contributed by atoms with Crippen LogP contribution in [0.25, 0.3) is 11.5 Å². The molecule has 2 heterocycles. The van der Waals surface area contributed by atoms with Crippen LogP contribution in [0, 0.1) is 11.8 Å². The van der Waals surface area contributed by atoms with E-state index in [-0.39, 0.29) is 5.56 Å². The highest BCUT2D eigenvalue weighted by molar-refractivity contribution is 5.53. The van der Waals surface area contributed by atoms with E-state index in [1.165, 1.54) is 31.7 Å². The van der Waals surface area contributed by atoms with Crippen LogP contribution >= 0.6 is 0 Å². The summed E-state index contributed by atoms with van der Waals surface area (Å²) in [7, 11) is 0. The maximum atomic E-state index is 11.6. The summed E-state index contributed by atoms with van der Waals surface area (Å²) in [4.78, 5) is 27.8. The van der Waals surface area contributed by atoms with Crippen molar-refractivity contribution in [2.75, 3.05) is 17.2 Å². The second-order valence-corrected chi connectivity index (χ2v) is 6.83. The molecule has 4 rings (SSSR count). The summed E-state index contributed by atoms with van der Waals surface area (Å²) in [5.74, 6) is 3.02. The number of hydrogen-bond donors (Lipinski definition) is 3. The Hall–Kier alpha value is -2.44. The molecule has 0 amide bonds. The lowest BCUT2D eigenvalue weighted by Gasteiger charge is -2.14. The van der Waals surface area contributed by atoms with Crippen molar-refractivity contribution in [3.8, 4) is 11.5 Å². The summed E-state index contributed by atoms with van der Waals surface area (Å²) in [5, 5.41) is 6.67. The minimum atomic E-state index is -0.166. The summed E-state index contributed by atoms with van der Waals surface area (Å²) in [6.07, 6.45) is 5.04. The lowest BCUT2D eigenvalue weighted by atomic mass is 10.2. The van der Waals surface area contributed by atoms with Gasteiger partial charge in [-0.25, -0.2) is 0 Å². The number of rotatable bonds is 7. The molecule has 2 saturated carbocycles. The molecule has 0 aromatic carbocycles. The first-order valence-corrected chi connectivity index (χ1v) is 8.63. The Morgan fingerprint density at radius 2 is 1.96 bits per heavy atom. The van der Waals surface area contributed by atoms with E-state index in [4.69, 9.17) is 0 Å². The lowest BCUT2D eigenvalue weighted by molar-refractivity contribution is 0.685. The van der Waals surface area contributed by atoms with Crippen LogP contribution in [-0.2, 0) is 0 Å². The third kappa shape index (κ3) is 3.72. The molecule has 0 unspecified atom stereocenters. The Morgan fingerprint density at radius 3 is 2.67 bits per heavy atom. The van der Waals surface area contributed by atoms with Gasteiger partial charge in [0.1, 0.15) is 0 Å². The zero-order valence-electron chi connectivity index (χ0n) is 13.7. The smallest absolute Gasteiger partial charge is 0.248 e. The fourth-order valence-corrected chi connectivity index (χ4v) is 2.69. The largest absolute Gasteiger partial charge is 0.354 e. The first kappa shape index (κ1) is 15.1. The first-order valence-electron chi connectivity index (χ1n) is 8.63. The van der Waals surface area contributed by atoms with Gasteiger partial charge in [-0.2, -0.15) is 15.0 Å². The van der Waals surface area contributed by atoms with Gasteiger partial charge in [0.25, 0.3) is 0 Å². The van der Waals surface area contributed by atoms with E-state index in [2.05, 4.69) is 37.5 Å². The van der Waals surface area contributed by atoms with E-state index < -0.39 is 0 Å². The predicted octanol–water partition coefficient (Wildman–Crippen LogP) is 2.26. The molecule has 7 nitrogen and oxygen atoms in total. The average Bonchev–Trinajstić information content (AvgIpc) is 3.47. The fraction of sp³-hybridized carbons (Fsp3) is 0.529. The van der Waals surface area contributed by atoms with Crippen molar-refractivity contribution in [2.24, 2.45) is 11.8 Å². The van der Waals surface area contributed by atoms with E-state index in [9.17, 15) is 4.79 Å². The highest BCUT2D eigenvalue weighted by Gasteiger charge is 2.28. The van der Waals surface area contributed by atoms with Gasteiger partial charge >= 0.3 is 0 Å². The molecular weight excluding hydrogens is 304 g/mol. The van der Waals surface area contributed by atoms with Crippen molar-refractivity contribution < 1.29 is 0 Å². The first-order chi connectivity index (χ1) is 11.7. The van der Waals surface area contributed by atoms with E-state index in [0.717, 1.165) is 12.5 Å². The van der Waals surface area contributed by atoms with Crippen molar-refractivity contribution in [2.45, 2.75) is 38.6 Å². The third-order valence-corrected chi connectivity index (χ3v) is 4.58. The summed E-state index contributed by atoms with van der Waals surface area (Å²) in [5.41, 5.74) is 0.433. The van der Waals surface area contributed by atoms with E-state index >= 15 is 0 Å². The zero-order valence-corrected chi connectivity index (χ0v) is 13.7. The topological polar surface area (TPSA) is 95.6 Å². The Balaban J connectivity index is 1.62. The molecule has 1 atom stereocenters. The Morgan fingerprint density at radius 1 is 1.17 bits per heavy atom. The number of H-pyrrole nitrogens is 1. The van der Waals surface area contributed by atoms with Gasteiger partial charge < -0.3 is 15.6 Å². The maximum absolute atomic E-state index is 11.6. The summed E-state index contributed by atoms with van der Waals surface area (Å²) < 4.78 is 0. The van der Waals surface area contributed by atoms with Gasteiger partial charge in [-0.1, -0.05) is 6.07 Å². The Kier molecular flexibility index (Phi) is 3.92. The Bertz CT molecular complexity index is 781. The lowest BCUT2D eigenvalue weighted by Crippen LogP contribution is -2.20. The van der Waals surface area contributed by atoms with Crippen molar-refractivity contribution in [3.63, 3.8) is 0 Å². The number of hydrogen-bond acceptors (Lipinski definition) is 6. The van der Waals surface area contributed by atoms with Crippen LogP contribution in [0.4, 0.5) is 11.9 Å². The van der Waals surface area contributed by atoms with Crippen molar-refractivity contribution >= 4 is 11.9 Å². The maximum Gasteiger partial charge on any atom is 0.248 e. The molecule has 0 aliphatic heterocycles. The zero-order chi connectivity index (χ0) is 16.5. The third-order valence-electron chi connectivity index (χ3n) is 4.58. The van der Waals surface area contributed by atoms with Crippen LogP contribution in [0.15, 0.2) is 23.0 Å². The number of aromatic nitrogens is 4. The van der Waals surface area contributed by atoms with Gasteiger partial charge in [0, 0.05) is 18.7 Å². The minimum absolute atomic E-state index is 0.166. The summed E-state index contributed by atoms with van der Waals surface area (Å²) >= 11 is 0. The molecule has 2 fully saturated rings. The van der Waals surface area contributed by atoms with Gasteiger partial charge in [0.2, 0.25) is 17.5 Å². The van der Waals surface area contributed by atoms with Gasteiger partial charge in [-0.15, -0.1) is 0 Å². The number of anilines is 2. The van der Waals surface area contributed by atoms with Gasteiger partial charge in [0.05, 0.1) is 5.69 Å². The van der Waals surface area contributed by atoms with Crippen LogP contribution in [0.5, 0.6) is 0 Å². The molecule has 0 spiro atoms. The molecule has 0 radical (unpaired) electrons. The Labute approximate surface area is 140 Å². The van der Waals surface area contributed by atoms with E-state index in [1.807, 2.05) is 0 Å². The fourth-order valence-electron chi connectivity index (χ4n) is 2.69. The standard InChI is InChI=1S/C17H22N6O/c1-10(12-7-8-12)19-17-22-15(13-3-2-4-14(24)20-13)21-16(23-17)18-9-11-5-6-11/h2-4,10-12H,5-9H2,1H3,(H,20,24)(H2,18,19,21,22,23)/t10-/m1/s1. The van der Waals surface area contributed by atoms with E-state index in [1.54, 1.807) is 12.1 Å². The number of pyridine rings is 1. The molecule has 24 heavy (non-hydrogen) atoms. The van der Waals surface area contributed by atoms with Crippen molar-refractivity contribution in [1.82, 2.24) is 19.9 Å². The second kappa shape index (κ2) is 6.22. The highest BCUT2D eigenvalue weighted by atomic mass is 16.1. The van der Waals surface area contributed by atoms with Crippen LogP contribution in [0.3, 0.4) is 0 Å². The van der Waals surface area contributed by atoms with Gasteiger partial charge in [0.15, 0.2) is 5.82 Å². The molecule has 2 aliphatic carbocycles. The predicted molar refractivity (Wildman–Crippen MR) is 92.9 cm³/mol. The van der Waals surface area contributed by atoms with Crippen LogP contribution in [-0.4, -0.2) is 32.5 Å². The van der Waals surface area contributed by atoms with Crippen LogP contribution in [0.2, 0.25) is 0 Å². The second-order valence-electron chi connectivity index (χ2n) is 6.83. The molecule has 126 valence electrons. The van der Waals surface area contributed by atoms with Crippen molar-refractivity contribution in [3.05, 3.63) is 28.6 Å². The molecule has 3 N–H and O–H groups in total. The highest BCUT2D eigenvalue weighted by Crippen LogP contribution is 2.33. The molecule has 7 heteroatoms.